The number of hydrogen-bond donors (Lipinski definition) is 0. The number of ketones is 1. The van der Waals surface area contributed by atoms with Gasteiger partial charge in [-0.15, -0.1) is 0 Å². The van der Waals surface area contributed by atoms with E-state index in [-0.39, 0.29) is 17.7 Å². The van der Waals surface area contributed by atoms with E-state index in [0.29, 0.717) is 12.8 Å². The molecule has 1 unspecified atom stereocenters. The molecule has 1 aromatic rings. The number of likely N-dealkylation sites (tertiary alicyclic amines) is 1. The Morgan fingerprint density at radius 1 is 1.35 bits per heavy atom. The molecule has 0 N–H and O–H groups in total. The molecule has 1 fully saturated rings. The van der Waals surface area contributed by atoms with Crippen molar-refractivity contribution < 1.29 is 14.3 Å². The van der Waals surface area contributed by atoms with Crippen LogP contribution in [-0.2, 0) is 16.0 Å². The first-order chi connectivity index (χ1) is 9.61. The molecule has 0 aromatic heterocycles. The summed E-state index contributed by atoms with van der Waals surface area (Å²) in [5.74, 6) is 0.966. The first-order valence-electron chi connectivity index (χ1n) is 7.02. The first kappa shape index (κ1) is 14.6. The van der Waals surface area contributed by atoms with E-state index in [1.807, 2.05) is 29.2 Å². The molecule has 0 radical (unpaired) electrons. The minimum absolute atomic E-state index is 0.0784. The van der Waals surface area contributed by atoms with E-state index in [1.165, 1.54) is 0 Å². The van der Waals surface area contributed by atoms with Crippen molar-refractivity contribution in [1.29, 1.82) is 0 Å². The van der Waals surface area contributed by atoms with E-state index in [0.717, 1.165) is 30.7 Å². The van der Waals surface area contributed by atoms with Crippen LogP contribution in [0.1, 0.15) is 31.7 Å². The molecule has 2 rings (SSSR count). The van der Waals surface area contributed by atoms with Crippen molar-refractivity contribution in [3.63, 3.8) is 0 Å². The average molecular weight is 275 g/mol. The third kappa shape index (κ3) is 3.38. The Labute approximate surface area is 119 Å². The van der Waals surface area contributed by atoms with Crippen LogP contribution in [0.4, 0.5) is 0 Å². The van der Waals surface area contributed by atoms with Gasteiger partial charge in [-0.25, -0.2) is 0 Å². The van der Waals surface area contributed by atoms with Crippen molar-refractivity contribution in [2.24, 2.45) is 0 Å². The summed E-state index contributed by atoms with van der Waals surface area (Å²) in [6, 6.07) is 7.64. The van der Waals surface area contributed by atoms with Gasteiger partial charge in [-0.2, -0.15) is 0 Å². The Balaban J connectivity index is 2.05. The molecule has 1 aliphatic rings. The number of carbonyl (C=O) groups is 2. The third-order valence-electron chi connectivity index (χ3n) is 3.75. The van der Waals surface area contributed by atoms with Gasteiger partial charge in [0.05, 0.1) is 13.5 Å². The second kappa shape index (κ2) is 6.55. The summed E-state index contributed by atoms with van der Waals surface area (Å²) in [7, 11) is 1.61. The molecule has 1 aliphatic heterocycles. The maximum atomic E-state index is 12.4. The van der Waals surface area contributed by atoms with Crippen LogP contribution in [0.3, 0.4) is 0 Å². The van der Waals surface area contributed by atoms with Crippen molar-refractivity contribution in [3.8, 4) is 5.75 Å². The molecular weight excluding hydrogens is 254 g/mol. The fourth-order valence-electron chi connectivity index (χ4n) is 2.82. The molecule has 0 spiro atoms. The molecule has 1 saturated heterocycles. The third-order valence-corrected chi connectivity index (χ3v) is 3.75. The highest BCUT2D eigenvalue weighted by atomic mass is 16.5. The standard InChI is InChI=1S/C16H21NO3/c1-12(18)10-14-7-5-9-17(14)16(19)11-13-6-3-4-8-15(13)20-2/h3-4,6,8,14H,5,7,9-11H2,1-2H3. The number of amides is 1. The number of nitrogens with zero attached hydrogens (tertiary/aromatic N) is 1. The van der Waals surface area contributed by atoms with E-state index in [2.05, 4.69) is 0 Å². The molecule has 4 nitrogen and oxygen atoms in total. The van der Waals surface area contributed by atoms with Gasteiger partial charge >= 0.3 is 0 Å². The Hall–Kier alpha value is -1.84. The molecule has 1 aromatic carbocycles. The van der Waals surface area contributed by atoms with Gasteiger partial charge in [-0.05, 0) is 25.8 Å². The van der Waals surface area contributed by atoms with Gasteiger partial charge in [0, 0.05) is 24.6 Å². The fourth-order valence-corrected chi connectivity index (χ4v) is 2.82. The summed E-state index contributed by atoms with van der Waals surface area (Å²) in [5.41, 5.74) is 0.897. The molecule has 1 amide bonds. The Morgan fingerprint density at radius 3 is 2.80 bits per heavy atom. The second-order valence-electron chi connectivity index (χ2n) is 5.28. The van der Waals surface area contributed by atoms with Gasteiger partial charge in [-0.3, -0.25) is 9.59 Å². The molecule has 0 aliphatic carbocycles. The summed E-state index contributed by atoms with van der Waals surface area (Å²) >= 11 is 0. The number of rotatable bonds is 5. The lowest BCUT2D eigenvalue weighted by Crippen LogP contribution is -2.37. The smallest absolute Gasteiger partial charge is 0.227 e. The van der Waals surface area contributed by atoms with Crippen LogP contribution in [0.2, 0.25) is 0 Å². The zero-order chi connectivity index (χ0) is 14.5. The molecule has 0 bridgehead atoms. The largest absolute Gasteiger partial charge is 0.496 e. The lowest BCUT2D eigenvalue weighted by Gasteiger charge is -2.24. The zero-order valence-electron chi connectivity index (χ0n) is 12.1. The summed E-state index contributed by atoms with van der Waals surface area (Å²) in [5, 5.41) is 0. The Kier molecular flexibility index (Phi) is 4.77. The number of carbonyl (C=O) groups excluding carboxylic acids is 2. The molecule has 1 atom stereocenters. The van der Waals surface area contributed by atoms with E-state index in [4.69, 9.17) is 4.74 Å². The average Bonchev–Trinajstić information content (AvgIpc) is 2.86. The number of benzene rings is 1. The van der Waals surface area contributed by atoms with Crippen LogP contribution in [0.25, 0.3) is 0 Å². The van der Waals surface area contributed by atoms with Gasteiger partial charge in [0.2, 0.25) is 5.91 Å². The highest BCUT2D eigenvalue weighted by molar-refractivity contribution is 5.82. The lowest BCUT2D eigenvalue weighted by atomic mass is 10.1. The number of hydrogen-bond acceptors (Lipinski definition) is 3. The number of ether oxygens (including phenoxy) is 1. The second-order valence-corrected chi connectivity index (χ2v) is 5.28. The molecular formula is C16H21NO3. The van der Waals surface area contributed by atoms with Crippen molar-refractivity contribution in [1.82, 2.24) is 4.90 Å². The van der Waals surface area contributed by atoms with Crippen molar-refractivity contribution in [2.75, 3.05) is 13.7 Å². The minimum atomic E-state index is 0.0784. The van der Waals surface area contributed by atoms with Crippen molar-refractivity contribution in [3.05, 3.63) is 29.8 Å². The van der Waals surface area contributed by atoms with Crippen LogP contribution in [0.15, 0.2) is 24.3 Å². The van der Waals surface area contributed by atoms with Gasteiger partial charge < -0.3 is 9.64 Å². The summed E-state index contributed by atoms with van der Waals surface area (Å²) in [6.07, 6.45) is 2.71. The van der Waals surface area contributed by atoms with Gasteiger partial charge in [0.1, 0.15) is 11.5 Å². The molecule has 1 heterocycles. The zero-order valence-corrected chi connectivity index (χ0v) is 12.1. The van der Waals surface area contributed by atoms with E-state index < -0.39 is 0 Å². The summed E-state index contributed by atoms with van der Waals surface area (Å²) in [4.78, 5) is 25.6. The topological polar surface area (TPSA) is 46.6 Å². The normalized spacial score (nSPS) is 18.1. The Bertz CT molecular complexity index is 498. The van der Waals surface area contributed by atoms with Crippen LogP contribution >= 0.6 is 0 Å². The quantitative estimate of drug-likeness (QED) is 0.827. The number of Topliss-reactive ketones (excluding diaryl/α,β-unsaturated/α-hetero) is 1. The summed E-state index contributed by atoms with van der Waals surface area (Å²) in [6.45, 7) is 2.34. The lowest BCUT2D eigenvalue weighted by molar-refractivity contribution is -0.132. The number of para-hydroxylation sites is 1. The van der Waals surface area contributed by atoms with E-state index >= 15 is 0 Å². The molecule has 108 valence electrons. The predicted molar refractivity (Wildman–Crippen MR) is 76.7 cm³/mol. The molecule has 4 heteroatoms. The number of methoxy groups -OCH3 is 1. The SMILES string of the molecule is COc1ccccc1CC(=O)N1CCCC1CC(C)=O. The monoisotopic (exact) mass is 275 g/mol. The van der Waals surface area contributed by atoms with Crippen LogP contribution in [0, 0.1) is 0 Å². The van der Waals surface area contributed by atoms with Crippen LogP contribution in [-0.4, -0.2) is 36.3 Å². The maximum Gasteiger partial charge on any atom is 0.227 e. The molecule has 0 saturated carbocycles. The summed E-state index contributed by atoms with van der Waals surface area (Å²) < 4.78 is 5.28. The van der Waals surface area contributed by atoms with Gasteiger partial charge in [0.15, 0.2) is 0 Å². The predicted octanol–water partition coefficient (Wildman–Crippen LogP) is 2.21. The van der Waals surface area contributed by atoms with Crippen LogP contribution < -0.4 is 4.74 Å². The molecule has 20 heavy (non-hydrogen) atoms. The minimum Gasteiger partial charge on any atom is -0.496 e. The van der Waals surface area contributed by atoms with E-state index in [1.54, 1.807) is 14.0 Å². The Morgan fingerprint density at radius 2 is 2.10 bits per heavy atom. The van der Waals surface area contributed by atoms with Gasteiger partial charge in [0.25, 0.3) is 0 Å². The van der Waals surface area contributed by atoms with Crippen LogP contribution in [0.5, 0.6) is 5.75 Å². The highest BCUT2D eigenvalue weighted by Gasteiger charge is 2.29. The first-order valence-corrected chi connectivity index (χ1v) is 7.02. The van der Waals surface area contributed by atoms with E-state index in [9.17, 15) is 9.59 Å². The van der Waals surface area contributed by atoms with Crippen molar-refractivity contribution in [2.45, 2.75) is 38.6 Å². The van der Waals surface area contributed by atoms with Gasteiger partial charge in [-0.1, -0.05) is 18.2 Å². The fraction of sp³-hybridized carbons (Fsp3) is 0.500. The highest BCUT2D eigenvalue weighted by Crippen LogP contribution is 2.24. The maximum absolute atomic E-state index is 12.4. The van der Waals surface area contributed by atoms with Crippen molar-refractivity contribution >= 4 is 11.7 Å².